The summed E-state index contributed by atoms with van der Waals surface area (Å²) in [5, 5.41) is 21.5. The molecule has 0 spiro atoms. The molecular weight excluding hydrogens is 396 g/mol. The van der Waals surface area contributed by atoms with Gasteiger partial charge in [0.1, 0.15) is 6.61 Å². The number of Topliss-reactive ketones (excluding diaryl/α,β-unsaturated/α-hetero) is 1. The Kier molecular flexibility index (Phi) is 4.37. The SMILES string of the molecule is [2H]C1=C[C@@]2(C)C(=CC1=O)CC[C@@H]1[C@@H]2[C@@H](O)C[C@@]2(C)[C@H]1C[C@H]1OC([2H])(CCC)O[C@]12C(=O)CO. The quantitative estimate of drug-likeness (QED) is 0.710. The van der Waals surface area contributed by atoms with Gasteiger partial charge in [-0.05, 0) is 56.1 Å². The van der Waals surface area contributed by atoms with Crippen molar-refractivity contribution in [2.24, 2.45) is 28.6 Å². The molecule has 4 aliphatic carbocycles. The largest absolute Gasteiger partial charge is 0.393 e. The Morgan fingerprint density at radius 2 is 2.19 bits per heavy atom. The van der Waals surface area contributed by atoms with Crippen LogP contribution in [-0.4, -0.2) is 52.5 Å². The molecule has 5 aliphatic rings. The van der Waals surface area contributed by atoms with Gasteiger partial charge in [0, 0.05) is 16.7 Å². The smallest absolute Gasteiger partial charge is 0.193 e. The molecule has 0 aromatic rings. The topological polar surface area (TPSA) is 93.1 Å². The average molecular weight is 433 g/mol. The zero-order valence-electron chi connectivity index (χ0n) is 20.5. The molecule has 6 heteroatoms. The molecule has 0 radical (unpaired) electrons. The second-order valence-electron chi connectivity index (χ2n) is 10.5. The maximum absolute atomic E-state index is 13.3. The Hall–Kier alpha value is -1.34. The van der Waals surface area contributed by atoms with Gasteiger partial charge < -0.3 is 19.7 Å². The van der Waals surface area contributed by atoms with Crippen LogP contribution in [0, 0.1) is 28.6 Å². The maximum Gasteiger partial charge on any atom is 0.193 e. The first-order valence-electron chi connectivity index (χ1n) is 12.6. The van der Waals surface area contributed by atoms with Gasteiger partial charge >= 0.3 is 0 Å². The van der Waals surface area contributed by atoms with Crippen molar-refractivity contribution in [3.63, 3.8) is 0 Å². The van der Waals surface area contributed by atoms with Crippen LogP contribution in [0.1, 0.15) is 62.0 Å². The molecular formula is C25H34O6. The standard InChI is InChI=1S/C25H34O6/c1-4-5-21-30-20-11-17-16-7-6-14-10-15(27)8-9-23(14,2)22(16)18(28)12-24(17,3)25(20,31-21)19(29)13-26/h8-10,16-18,20-22,26,28H,4-7,11-13H2,1-3H3/t16-,17-,18-,20+,21?,22+,23-,24-,25+/m0/s1/i8D,21D. The number of allylic oxidation sites excluding steroid dienone is 4. The van der Waals surface area contributed by atoms with Gasteiger partial charge in [-0.25, -0.2) is 0 Å². The average Bonchev–Trinajstić information content (AvgIpc) is 3.16. The third kappa shape index (κ3) is 2.65. The summed E-state index contributed by atoms with van der Waals surface area (Å²) in [6, 6.07) is -0.0390. The lowest BCUT2D eigenvalue weighted by Gasteiger charge is -2.59. The summed E-state index contributed by atoms with van der Waals surface area (Å²) >= 11 is 0. The van der Waals surface area contributed by atoms with E-state index in [2.05, 4.69) is 0 Å². The van der Waals surface area contributed by atoms with Crippen molar-refractivity contribution >= 4 is 11.6 Å². The van der Waals surface area contributed by atoms with Crippen LogP contribution in [-0.2, 0) is 19.1 Å². The number of ether oxygens (including phenoxy) is 2. The highest BCUT2D eigenvalue weighted by Gasteiger charge is 2.75. The summed E-state index contributed by atoms with van der Waals surface area (Å²) in [4.78, 5) is 25.5. The van der Waals surface area contributed by atoms with E-state index in [1.165, 1.54) is 0 Å². The fraction of sp³-hybridized carbons (Fsp3) is 0.760. The number of hydrogen-bond acceptors (Lipinski definition) is 6. The van der Waals surface area contributed by atoms with E-state index in [9.17, 15) is 19.8 Å². The predicted molar refractivity (Wildman–Crippen MR) is 113 cm³/mol. The van der Waals surface area contributed by atoms with Crippen molar-refractivity contribution in [1.82, 2.24) is 0 Å². The van der Waals surface area contributed by atoms with Crippen molar-refractivity contribution in [2.45, 2.75) is 83.4 Å². The first-order chi connectivity index (χ1) is 15.5. The molecule has 5 rings (SSSR count). The number of ketones is 2. The normalized spacial score (nSPS) is 54.0. The maximum atomic E-state index is 13.3. The van der Waals surface area contributed by atoms with Crippen molar-refractivity contribution in [2.75, 3.05) is 6.61 Å². The molecule has 170 valence electrons. The van der Waals surface area contributed by atoms with Crippen LogP contribution in [0.4, 0.5) is 0 Å². The van der Waals surface area contributed by atoms with Gasteiger partial charge in [0.05, 0.1) is 14.9 Å². The van der Waals surface area contributed by atoms with Crippen LogP contribution < -0.4 is 0 Å². The number of fused-ring (bicyclic) bond motifs is 7. The van der Waals surface area contributed by atoms with E-state index >= 15 is 0 Å². The van der Waals surface area contributed by atoms with E-state index in [0.29, 0.717) is 25.7 Å². The highest BCUT2D eigenvalue weighted by molar-refractivity contribution is 6.01. The van der Waals surface area contributed by atoms with Crippen molar-refractivity contribution in [3.8, 4) is 0 Å². The number of aliphatic hydroxyl groups is 2. The van der Waals surface area contributed by atoms with Crippen molar-refractivity contribution in [1.29, 1.82) is 0 Å². The molecule has 0 bridgehead atoms. The molecule has 0 aromatic heterocycles. The minimum Gasteiger partial charge on any atom is -0.393 e. The van der Waals surface area contributed by atoms with E-state index in [1.807, 2.05) is 20.8 Å². The molecule has 0 amide bonds. The van der Waals surface area contributed by atoms with Crippen molar-refractivity contribution < 1.29 is 32.0 Å². The van der Waals surface area contributed by atoms with Crippen molar-refractivity contribution in [3.05, 3.63) is 23.8 Å². The van der Waals surface area contributed by atoms with Gasteiger partial charge in [-0.3, -0.25) is 9.59 Å². The summed E-state index contributed by atoms with van der Waals surface area (Å²) in [5.74, 6) is -0.946. The van der Waals surface area contributed by atoms with Gasteiger partial charge in [0.25, 0.3) is 0 Å². The Morgan fingerprint density at radius 3 is 2.90 bits per heavy atom. The van der Waals surface area contributed by atoms with Gasteiger partial charge in [-0.2, -0.15) is 0 Å². The molecule has 4 fully saturated rings. The first-order valence-corrected chi connectivity index (χ1v) is 11.6. The van der Waals surface area contributed by atoms with Gasteiger partial charge in [0.2, 0.25) is 0 Å². The second-order valence-corrected chi connectivity index (χ2v) is 10.5. The fourth-order valence-corrected chi connectivity index (χ4v) is 7.88. The van der Waals surface area contributed by atoms with Crippen LogP contribution in [0.3, 0.4) is 0 Å². The number of carbonyl (C=O) groups is 2. The number of rotatable bonds is 4. The highest BCUT2D eigenvalue weighted by Crippen LogP contribution is 2.69. The van der Waals surface area contributed by atoms with Crippen LogP contribution >= 0.6 is 0 Å². The van der Waals surface area contributed by atoms with Crippen LogP contribution in [0.15, 0.2) is 23.8 Å². The summed E-state index contributed by atoms with van der Waals surface area (Å²) in [6.45, 7) is 5.19. The summed E-state index contributed by atoms with van der Waals surface area (Å²) in [7, 11) is 0. The van der Waals surface area contributed by atoms with E-state index in [-0.39, 0.29) is 36.0 Å². The van der Waals surface area contributed by atoms with E-state index in [1.54, 1.807) is 12.2 Å². The lowest BCUT2D eigenvalue weighted by Crippen LogP contribution is -2.63. The minimum atomic E-state index is -1.64. The Balaban J connectivity index is 1.58. The summed E-state index contributed by atoms with van der Waals surface area (Å²) < 4.78 is 29.2. The molecule has 6 nitrogen and oxygen atoms in total. The highest BCUT2D eigenvalue weighted by atomic mass is 16.7. The van der Waals surface area contributed by atoms with Gasteiger partial charge in [-0.1, -0.05) is 38.8 Å². The zero-order chi connectivity index (χ0) is 24.0. The minimum absolute atomic E-state index is 0.0174. The van der Waals surface area contributed by atoms with E-state index in [0.717, 1.165) is 12.0 Å². The molecule has 2 N–H and O–H groups in total. The molecule has 1 saturated heterocycles. The molecule has 31 heavy (non-hydrogen) atoms. The lowest BCUT2D eigenvalue weighted by atomic mass is 9.46. The Bertz CT molecular complexity index is 963. The predicted octanol–water partition coefficient (Wildman–Crippen LogP) is 2.72. The monoisotopic (exact) mass is 432 g/mol. The molecule has 1 heterocycles. The number of aliphatic hydroxyl groups excluding tert-OH is 2. The van der Waals surface area contributed by atoms with Crippen LogP contribution in [0.25, 0.3) is 0 Å². The number of hydrogen-bond donors (Lipinski definition) is 2. The molecule has 1 unspecified atom stereocenters. The molecule has 1 aliphatic heterocycles. The molecule has 3 saturated carbocycles. The molecule has 0 aromatic carbocycles. The Labute approximate surface area is 186 Å². The van der Waals surface area contributed by atoms with E-state index < -0.39 is 47.3 Å². The third-order valence-electron chi connectivity index (χ3n) is 9.13. The van der Waals surface area contributed by atoms with E-state index in [4.69, 9.17) is 12.2 Å². The first kappa shape index (κ1) is 19.2. The summed E-state index contributed by atoms with van der Waals surface area (Å²) in [5.41, 5.74) is -1.90. The van der Waals surface area contributed by atoms with Crippen LogP contribution in [0.5, 0.6) is 0 Å². The van der Waals surface area contributed by atoms with Crippen LogP contribution in [0.2, 0.25) is 0 Å². The fourth-order valence-electron chi connectivity index (χ4n) is 7.88. The zero-order valence-corrected chi connectivity index (χ0v) is 18.5. The Morgan fingerprint density at radius 1 is 1.42 bits per heavy atom. The summed E-state index contributed by atoms with van der Waals surface area (Å²) in [6.07, 6.45) is 3.41. The van der Waals surface area contributed by atoms with Gasteiger partial charge in [0.15, 0.2) is 23.4 Å². The lowest BCUT2D eigenvalue weighted by molar-refractivity contribution is -0.200. The van der Waals surface area contributed by atoms with Gasteiger partial charge in [-0.15, -0.1) is 0 Å². The third-order valence-corrected chi connectivity index (χ3v) is 9.13. The molecule has 9 atom stereocenters. The second kappa shape index (κ2) is 7.08. The number of carbonyl (C=O) groups excluding carboxylic acids is 2.